The molecule has 0 fully saturated rings. The fraction of sp³-hybridized carbons (Fsp3) is 0.444. The van der Waals surface area contributed by atoms with Crippen molar-refractivity contribution >= 4 is 17.2 Å². The molecule has 1 unspecified atom stereocenters. The van der Waals surface area contributed by atoms with Crippen LogP contribution < -0.4 is 5.32 Å². The predicted octanol–water partition coefficient (Wildman–Crippen LogP) is 3.18. The summed E-state index contributed by atoms with van der Waals surface area (Å²) in [4.78, 5) is 16.4. The third-order valence-electron chi connectivity index (χ3n) is 3.51. The Balaban J connectivity index is 1.84. The van der Waals surface area contributed by atoms with E-state index in [2.05, 4.69) is 24.1 Å². The molecule has 1 aromatic heterocycles. The van der Waals surface area contributed by atoms with E-state index < -0.39 is 6.10 Å². The summed E-state index contributed by atoms with van der Waals surface area (Å²) >= 11 is 1.63. The molecule has 0 bridgehead atoms. The monoisotopic (exact) mass is 332 g/mol. The summed E-state index contributed by atoms with van der Waals surface area (Å²) in [5.74, 6) is 0.355. The number of nitrogens with zero attached hydrogens (tertiary/aromatic N) is 1. The van der Waals surface area contributed by atoms with E-state index in [4.69, 9.17) is 0 Å². The van der Waals surface area contributed by atoms with Crippen LogP contribution in [0.25, 0.3) is 11.3 Å². The molecule has 124 valence electrons. The number of nitrogens with one attached hydrogen (secondary N) is 1. The Hall–Kier alpha value is -1.72. The van der Waals surface area contributed by atoms with Crippen molar-refractivity contribution in [1.82, 2.24) is 10.3 Å². The lowest BCUT2D eigenvalue weighted by Crippen LogP contribution is -2.33. The van der Waals surface area contributed by atoms with Gasteiger partial charge in [-0.25, -0.2) is 4.98 Å². The normalized spacial score (nSPS) is 12.4. The summed E-state index contributed by atoms with van der Waals surface area (Å²) in [6, 6.07) is 7.89. The maximum Gasteiger partial charge on any atom is 0.224 e. The number of aliphatic hydroxyl groups excluding tert-OH is 1. The molecule has 1 aromatic carbocycles. The Bertz CT molecular complexity index is 635. The molecule has 0 aliphatic heterocycles. The number of carbonyl (C=O) groups excluding carboxylic acids is 1. The standard InChI is InChI=1S/C18H24N2O2S/c1-12(2)8-16(21)10-19-18(22)9-14-4-6-15(7-5-14)17-11-23-13(3)20-17/h4-7,11-12,16,21H,8-10H2,1-3H3,(H,19,22). The second-order valence-corrected chi connectivity index (χ2v) is 7.28. The summed E-state index contributed by atoms with van der Waals surface area (Å²) in [6.45, 7) is 6.40. The quantitative estimate of drug-likeness (QED) is 0.818. The summed E-state index contributed by atoms with van der Waals surface area (Å²) in [5.41, 5.74) is 2.99. The van der Waals surface area contributed by atoms with E-state index in [-0.39, 0.29) is 5.91 Å². The first-order valence-electron chi connectivity index (χ1n) is 7.90. The third kappa shape index (κ3) is 5.77. The zero-order chi connectivity index (χ0) is 16.8. The molecule has 5 heteroatoms. The maximum absolute atomic E-state index is 11.9. The van der Waals surface area contributed by atoms with Crippen molar-refractivity contribution in [2.24, 2.45) is 5.92 Å². The van der Waals surface area contributed by atoms with Gasteiger partial charge in [-0.15, -0.1) is 11.3 Å². The van der Waals surface area contributed by atoms with Gasteiger partial charge in [0.25, 0.3) is 0 Å². The highest BCUT2D eigenvalue weighted by atomic mass is 32.1. The summed E-state index contributed by atoms with van der Waals surface area (Å²) in [5, 5.41) is 15.6. The molecule has 2 aromatic rings. The Morgan fingerprint density at radius 2 is 2.00 bits per heavy atom. The first-order valence-corrected chi connectivity index (χ1v) is 8.78. The number of carbonyl (C=O) groups is 1. The SMILES string of the molecule is Cc1nc(-c2ccc(CC(=O)NCC(O)CC(C)C)cc2)cs1. The molecule has 1 heterocycles. The van der Waals surface area contributed by atoms with Crippen LogP contribution in [0.2, 0.25) is 0 Å². The van der Waals surface area contributed by atoms with Gasteiger partial charge in [0.15, 0.2) is 0 Å². The van der Waals surface area contributed by atoms with E-state index >= 15 is 0 Å². The number of aromatic nitrogens is 1. The van der Waals surface area contributed by atoms with Crippen LogP contribution in [0.4, 0.5) is 0 Å². The third-order valence-corrected chi connectivity index (χ3v) is 4.29. The van der Waals surface area contributed by atoms with Crippen LogP contribution in [0.5, 0.6) is 0 Å². The maximum atomic E-state index is 11.9. The summed E-state index contributed by atoms with van der Waals surface area (Å²) < 4.78 is 0. The van der Waals surface area contributed by atoms with Gasteiger partial charge in [0.1, 0.15) is 0 Å². The lowest BCUT2D eigenvalue weighted by molar-refractivity contribution is -0.120. The Kier molecular flexibility index (Phi) is 6.30. The Labute approximate surface area is 141 Å². The topological polar surface area (TPSA) is 62.2 Å². The van der Waals surface area contributed by atoms with Crippen LogP contribution in [-0.2, 0) is 11.2 Å². The lowest BCUT2D eigenvalue weighted by atomic mass is 10.1. The van der Waals surface area contributed by atoms with Gasteiger partial charge in [-0.05, 0) is 24.8 Å². The van der Waals surface area contributed by atoms with Gasteiger partial charge in [-0.3, -0.25) is 4.79 Å². The van der Waals surface area contributed by atoms with Crippen LogP contribution >= 0.6 is 11.3 Å². The number of thiazole rings is 1. The zero-order valence-corrected chi connectivity index (χ0v) is 14.7. The number of aliphatic hydroxyl groups is 1. The summed E-state index contributed by atoms with van der Waals surface area (Å²) in [6.07, 6.45) is 0.543. The molecule has 0 aliphatic carbocycles. The van der Waals surface area contributed by atoms with Gasteiger partial charge in [0, 0.05) is 17.5 Å². The molecule has 4 nitrogen and oxygen atoms in total. The van der Waals surface area contributed by atoms with E-state index in [1.807, 2.05) is 36.6 Å². The first-order chi connectivity index (χ1) is 10.9. The number of aryl methyl sites for hydroxylation is 1. The van der Waals surface area contributed by atoms with Crippen LogP contribution in [-0.4, -0.2) is 28.6 Å². The molecule has 2 rings (SSSR count). The Morgan fingerprint density at radius 1 is 1.30 bits per heavy atom. The number of benzene rings is 1. The molecular formula is C18H24N2O2S. The highest BCUT2D eigenvalue weighted by Gasteiger charge is 2.10. The van der Waals surface area contributed by atoms with E-state index in [0.717, 1.165) is 21.8 Å². The highest BCUT2D eigenvalue weighted by Crippen LogP contribution is 2.21. The van der Waals surface area contributed by atoms with Crippen molar-refractivity contribution in [3.8, 4) is 11.3 Å². The van der Waals surface area contributed by atoms with Crippen molar-refractivity contribution in [3.05, 3.63) is 40.2 Å². The number of hydrogen-bond acceptors (Lipinski definition) is 4. The number of rotatable bonds is 7. The first kappa shape index (κ1) is 17.6. The Morgan fingerprint density at radius 3 is 2.57 bits per heavy atom. The second-order valence-electron chi connectivity index (χ2n) is 6.21. The fourth-order valence-corrected chi connectivity index (χ4v) is 3.02. The van der Waals surface area contributed by atoms with Gasteiger partial charge in [-0.2, -0.15) is 0 Å². The van der Waals surface area contributed by atoms with Crippen LogP contribution in [0.1, 0.15) is 30.8 Å². The largest absolute Gasteiger partial charge is 0.391 e. The molecule has 0 spiro atoms. The minimum Gasteiger partial charge on any atom is -0.391 e. The molecular weight excluding hydrogens is 308 g/mol. The van der Waals surface area contributed by atoms with Crippen molar-refractivity contribution in [2.45, 2.75) is 39.7 Å². The van der Waals surface area contributed by atoms with Crippen molar-refractivity contribution in [3.63, 3.8) is 0 Å². The van der Waals surface area contributed by atoms with Gasteiger partial charge in [-0.1, -0.05) is 38.1 Å². The molecule has 1 atom stereocenters. The number of amides is 1. The summed E-state index contributed by atoms with van der Waals surface area (Å²) in [7, 11) is 0. The van der Waals surface area contributed by atoms with Crippen LogP contribution in [0.3, 0.4) is 0 Å². The van der Waals surface area contributed by atoms with Crippen molar-refractivity contribution < 1.29 is 9.90 Å². The molecule has 0 saturated heterocycles. The van der Waals surface area contributed by atoms with E-state index in [0.29, 0.717) is 25.3 Å². The van der Waals surface area contributed by atoms with Crippen molar-refractivity contribution in [1.29, 1.82) is 0 Å². The second kappa shape index (κ2) is 8.22. The lowest BCUT2D eigenvalue weighted by Gasteiger charge is -2.13. The molecule has 1 amide bonds. The van der Waals surface area contributed by atoms with E-state index in [9.17, 15) is 9.90 Å². The molecule has 0 aliphatic rings. The smallest absolute Gasteiger partial charge is 0.224 e. The zero-order valence-electron chi connectivity index (χ0n) is 13.9. The number of hydrogen-bond donors (Lipinski definition) is 2. The average Bonchev–Trinajstić information content (AvgIpc) is 2.92. The van der Waals surface area contributed by atoms with Gasteiger partial charge < -0.3 is 10.4 Å². The fourth-order valence-electron chi connectivity index (χ4n) is 2.40. The van der Waals surface area contributed by atoms with E-state index in [1.54, 1.807) is 11.3 Å². The van der Waals surface area contributed by atoms with Gasteiger partial charge >= 0.3 is 0 Å². The average molecular weight is 332 g/mol. The van der Waals surface area contributed by atoms with Crippen molar-refractivity contribution in [2.75, 3.05) is 6.54 Å². The van der Waals surface area contributed by atoms with E-state index in [1.165, 1.54) is 0 Å². The minimum absolute atomic E-state index is 0.0648. The molecule has 23 heavy (non-hydrogen) atoms. The van der Waals surface area contributed by atoms with Gasteiger partial charge in [0.2, 0.25) is 5.91 Å². The highest BCUT2D eigenvalue weighted by molar-refractivity contribution is 7.09. The molecule has 2 N–H and O–H groups in total. The van der Waals surface area contributed by atoms with Gasteiger partial charge in [0.05, 0.1) is 23.2 Å². The van der Waals surface area contributed by atoms with Crippen LogP contribution in [0, 0.1) is 12.8 Å². The van der Waals surface area contributed by atoms with Crippen LogP contribution in [0.15, 0.2) is 29.6 Å². The molecule has 0 saturated carbocycles. The predicted molar refractivity (Wildman–Crippen MR) is 94.5 cm³/mol. The minimum atomic E-state index is -0.478. The molecule has 0 radical (unpaired) electrons.